The van der Waals surface area contributed by atoms with E-state index in [-0.39, 0.29) is 24.7 Å². The third kappa shape index (κ3) is 3.31. The molecule has 0 bridgehead atoms. The van der Waals surface area contributed by atoms with Gasteiger partial charge in [-0.1, -0.05) is 36.4 Å². The van der Waals surface area contributed by atoms with Crippen molar-refractivity contribution in [2.24, 2.45) is 11.7 Å². The molecular weight excluding hydrogens is 256 g/mol. The van der Waals surface area contributed by atoms with Gasteiger partial charge >= 0.3 is 0 Å². The van der Waals surface area contributed by atoms with Crippen LogP contribution in [-0.2, 0) is 22.4 Å². The zero-order chi connectivity index (χ0) is 14.5. The van der Waals surface area contributed by atoms with Gasteiger partial charge in [-0.05, 0) is 21.9 Å². The molecule has 0 aliphatic carbocycles. The van der Waals surface area contributed by atoms with Gasteiger partial charge in [0.15, 0.2) is 0 Å². The van der Waals surface area contributed by atoms with Gasteiger partial charge in [0.25, 0.3) is 0 Å². The summed E-state index contributed by atoms with van der Waals surface area (Å²) >= 11 is 0. The number of carbonyl (C=O) groups is 2. The van der Waals surface area contributed by atoms with Crippen LogP contribution in [0.5, 0.6) is 0 Å². The lowest BCUT2D eigenvalue weighted by atomic mass is 10.0. The van der Waals surface area contributed by atoms with Crippen LogP contribution in [0.1, 0.15) is 11.1 Å². The minimum absolute atomic E-state index is 0.236. The smallest absolute Gasteiger partial charge is 0.238 e. The van der Waals surface area contributed by atoms with Crippen molar-refractivity contribution in [2.75, 3.05) is 0 Å². The Morgan fingerprint density at radius 2 is 1.20 bits per heavy atom. The van der Waals surface area contributed by atoms with Gasteiger partial charge < -0.3 is 0 Å². The van der Waals surface area contributed by atoms with Crippen LogP contribution in [0.15, 0.2) is 36.4 Å². The second-order valence-corrected chi connectivity index (χ2v) is 4.50. The average Bonchev–Trinajstić information content (AvgIpc) is 2.47. The summed E-state index contributed by atoms with van der Waals surface area (Å²) in [6.45, 7) is 0. The van der Waals surface area contributed by atoms with Crippen molar-refractivity contribution >= 4 is 22.6 Å². The quantitative estimate of drug-likeness (QED) is 0.354. The summed E-state index contributed by atoms with van der Waals surface area (Å²) in [6.07, 6.45) is 0.480. The van der Waals surface area contributed by atoms with Crippen molar-refractivity contribution in [3.05, 3.63) is 47.5 Å². The predicted octanol–water partition coefficient (Wildman–Crippen LogP) is -0.0954. The van der Waals surface area contributed by atoms with E-state index in [1.54, 1.807) is 0 Å². The van der Waals surface area contributed by atoms with Gasteiger partial charge in [-0.25, -0.2) is 11.7 Å². The molecule has 20 heavy (non-hydrogen) atoms. The molecule has 0 heterocycles. The maximum absolute atomic E-state index is 11.2. The Labute approximate surface area is 116 Å². The molecule has 2 aromatic carbocycles. The van der Waals surface area contributed by atoms with Crippen LogP contribution in [0.4, 0.5) is 0 Å². The fourth-order valence-corrected chi connectivity index (χ4v) is 2.04. The fourth-order valence-electron chi connectivity index (χ4n) is 2.04. The summed E-state index contributed by atoms with van der Waals surface area (Å²) in [5, 5.41) is 2.01. The SMILES string of the molecule is NNC(=O)Cc1ccc2cc(CC(=O)NN)ccc2c1. The lowest BCUT2D eigenvalue weighted by molar-refractivity contribution is -0.121. The highest BCUT2D eigenvalue weighted by Gasteiger charge is 2.05. The van der Waals surface area contributed by atoms with Crippen LogP contribution in [0, 0.1) is 0 Å². The first kappa shape index (κ1) is 14.0. The monoisotopic (exact) mass is 272 g/mol. The van der Waals surface area contributed by atoms with Gasteiger partial charge in [0.1, 0.15) is 0 Å². The molecule has 6 heteroatoms. The summed E-state index contributed by atoms with van der Waals surface area (Å²) in [4.78, 5) is 22.5. The van der Waals surface area contributed by atoms with Gasteiger partial charge in [-0.2, -0.15) is 0 Å². The molecule has 0 aliphatic heterocycles. The maximum Gasteiger partial charge on any atom is 0.238 e. The van der Waals surface area contributed by atoms with Gasteiger partial charge in [0.05, 0.1) is 12.8 Å². The summed E-state index contributed by atoms with van der Waals surface area (Å²) in [5.74, 6) is 9.66. The number of carbonyl (C=O) groups excluding carboxylic acids is 2. The number of hydrogen-bond acceptors (Lipinski definition) is 4. The molecule has 0 atom stereocenters. The van der Waals surface area contributed by atoms with Crippen LogP contribution in [0.2, 0.25) is 0 Å². The molecule has 0 saturated carbocycles. The summed E-state index contributed by atoms with van der Waals surface area (Å²) < 4.78 is 0. The highest BCUT2D eigenvalue weighted by atomic mass is 16.2. The molecule has 0 unspecified atom stereocenters. The molecule has 6 nitrogen and oxygen atoms in total. The second kappa shape index (κ2) is 6.14. The first-order valence-electron chi connectivity index (χ1n) is 6.13. The van der Waals surface area contributed by atoms with Gasteiger partial charge in [0.2, 0.25) is 11.8 Å². The summed E-state index contributed by atoms with van der Waals surface area (Å²) in [7, 11) is 0. The number of benzene rings is 2. The van der Waals surface area contributed by atoms with Crippen molar-refractivity contribution in [3.63, 3.8) is 0 Å². The molecule has 0 saturated heterocycles. The Morgan fingerprint density at radius 1 is 0.800 bits per heavy atom. The molecule has 104 valence electrons. The number of hydrazine groups is 2. The highest BCUT2D eigenvalue weighted by molar-refractivity contribution is 5.87. The predicted molar refractivity (Wildman–Crippen MR) is 76.0 cm³/mol. The molecule has 0 aliphatic rings. The minimum atomic E-state index is -0.236. The van der Waals surface area contributed by atoms with E-state index in [4.69, 9.17) is 11.7 Å². The van der Waals surface area contributed by atoms with Crippen LogP contribution in [-0.4, -0.2) is 11.8 Å². The van der Waals surface area contributed by atoms with E-state index in [1.807, 2.05) is 36.4 Å². The van der Waals surface area contributed by atoms with Gasteiger partial charge in [0, 0.05) is 0 Å². The molecule has 0 spiro atoms. The molecule has 6 N–H and O–H groups in total. The Kier molecular flexibility index (Phi) is 4.29. The average molecular weight is 272 g/mol. The largest absolute Gasteiger partial charge is 0.294 e. The zero-order valence-electron chi connectivity index (χ0n) is 10.8. The van der Waals surface area contributed by atoms with Gasteiger partial charge in [-0.15, -0.1) is 0 Å². The lowest BCUT2D eigenvalue weighted by Gasteiger charge is -2.06. The lowest BCUT2D eigenvalue weighted by Crippen LogP contribution is -2.31. The normalized spacial score (nSPS) is 10.3. The first-order valence-corrected chi connectivity index (χ1v) is 6.13. The maximum atomic E-state index is 11.2. The van der Waals surface area contributed by atoms with Crippen molar-refractivity contribution in [2.45, 2.75) is 12.8 Å². The Morgan fingerprint density at radius 3 is 1.55 bits per heavy atom. The van der Waals surface area contributed by atoms with Crippen molar-refractivity contribution in [1.29, 1.82) is 0 Å². The highest BCUT2D eigenvalue weighted by Crippen LogP contribution is 2.18. The van der Waals surface area contributed by atoms with E-state index >= 15 is 0 Å². The third-order valence-electron chi connectivity index (χ3n) is 3.02. The van der Waals surface area contributed by atoms with Crippen molar-refractivity contribution in [3.8, 4) is 0 Å². The van der Waals surface area contributed by atoms with E-state index < -0.39 is 0 Å². The van der Waals surface area contributed by atoms with E-state index in [0.717, 1.165) is 21.9 Å². The Balaban J connectivity index is 2.25. The number of hydrogen-bond donors (Lipinski definition) is 4. The van der Waals surface area contributed by atoms with Crippen molar-refractivity contribution in [1.82, 2.24) is 10.9 Å². The van der Waals surface area contributed by atoms with Crippen LogP contribution >= 0.6 is 0 Å². The van der Waals surface area contributed by atoms with Gasteiger partial charge in [-0.3, -0.25) is 20.4 Å². The summed E-state index contributed by atoms with van der Waals surface area (Å²) in [5.41, 5.74) is 5.97. The molecule has 0 aromatic heterocycles. The molecule has 0 fully saturated rings. The first-order chi connectivity index (χ1) is 9.62. The molecule has 2 aromatic rings. The van der Waals surface area contributed by atoms with Crippen LogP contribution < -0.4 is 22.5 Å². The Hall–Kier alpha value is -2.44. The number of fused-ring (bicyclic) bond motifs is 1. The second-order valence-electron chi connectivity index (χ2n) is 4.50. The van der Waals surface area contributed by atoms with Crippen molar-refractivity contribution < 1.29 is 9.59 Å². The molecule has 2 amide bonds. The molecule has 0 radical (unpaired) electrons. The standard InChI is InChI=1S/C14H16N4O2/c15-17-13(19)7-9-1-3-11-6-10(8-14(20)18-16)2-4-12(11)5-9/h1-6H,7-8,15-16H2,(H,17,19)(H,18,20). The van der Waals surface area contributed by atoms with E-state index in [1.165, 1.54) is 0 Å². The van der Waals surface area contributed by atoms with E-state index in [9.17, 15) is 9.59 Å². The number of amides is 2. The van der Waals surface area contributed by atoms with E-state index in [0.29, 0.717) is 0 Å². The summed E-state index contributed by atoms with van der Waals surface area (Å²) in [6, 6.07) is 11.4. The zero-order valence-corrected chi connectivity index (χ0v) is 10.8. The van der Waals surface area contributed by atoms with Crippen LogP contribution in [0.25, 0.3) is 10.8 Å². The third-order valence-corrected chi connectivity index (χ3v) is 3.02. The van der Waals surface area contributed by atoms with Crippen LogP contribution in [0.3, 0.4) is 0 Å². The number of nitrogens with two attached hydrogens (primary N) is 2. The fraction of sp³-hybridized carbons (Fsp3) is 0.143. The van der Waals surface area contributed by atoms with E-state index in [2.05, 4.69) is 10.9 Å². The number of rotatable bonds is 4. The molecule has 2 rings (SSSR count). The topological polar surface area (TPSA) is 110 Å². The Bertz CT molecular complexity index is 597. The molecular formula is C14H16N4O2. The minimum Gasteiger partial charge on any atom is -0.294 e. The number of nitrogens with one attached hydrogen (secondary N) is 2.